The van der Waals surface area contributed by atoms with Crippen LogP contribution in [-0.4, -0.2) is 63.4 Å². The Morgan fingerprint density at radius 3 is 2.67 bits per heavy atom. The lowest BCUT2D eigenvalue weighted by atomic mass is 10.0. The van der Waals surface area contributed by atoms with Crippen LogP contribution < -0.4 is 0 Å². The summed E-state index contributed by atoms with van der Waals surface area (Å²) in [6.07, 6.45) is 8.00. The summed E-state index contributed by atoms with van der Waals surface area (Å²) in [6.45, 7) is 4.15. The Balaban J connectivity index is 1.44. The van der Waals surface area contributed by atoms with Crippen LogP contribution in [0.1, 0.15) is 37.7 Å². The van der Waals surface area contributed by atoms with Crippen LogP contribution in [0.4, 0.5) is 4.39 Å². The molecule has 0 unspecified atom stereocenters. The van der Waals surface area contributed by atoms with Crippen molar-refractivity contribution in [2.24, 2.45) is 0 Å². The summed E-state index contributed by atoms with van der Waals surface area (Å²) in [5, 5.41) is 16.8. The summed E-state index contributed by atoms with van der Waals surface area (Å²) in [5.41, 5.74) is 3.06. The standard InChI is InChI=1S/C21H29FN4O/c22-18-7-5-16(6-8-18)21-17(13-23-24-21)14-25-10-11-26(19-3-1-2-4-19)20(15-25)9-12-27/h5-8,13,19-20,27H,1-4,9-12,14-15H2,(H,23,24)/t20-/m0/s1. The highest BCUT2D eigenvalue weighted by Gasteiger charge is 2.33. The Bertz CT molecular complexity index is 726. The van der Waals surface area contributed by atoms with Gasteiger partial charge >= 0.3 is 0 Å². The third-order valence-electron chi connectivity index (χ3n) is 6.11. The number of aromatic nitrogens is 2. The topological polar surface area (TPSA) is 55.4 Å². The first-order valence-electron chi connectivity index (χ1n) is 10.1. The minimum absolute atomic E-state index is 0.227. The maximum atomic E-state index is 13.2. The molecule has 5 nitrogen and oxygen atoms in total. The van der Waals surface area contributed by atoms with Gasteiger partial charge in [0.05, 0.1) is 11.9 Å². The second kappa shape index (κ2) is 8.50. The van der Waals surface area contributed by atoms with Gasteiger partial charge in [-0.25, -0.2) is 4.39 Å². The molecule has 0 radical (unpaired) electrons. The fourth-order valence-corrected chi connectivity index (χ4v) is 4.74. The summed E-state index contributed by atoms with van der Waals surface area (Å²) < 4.78 is 13.2. The quantitative estimate of drug-likeness (QED) is 0.818. The number of hydrogen-bond acceptors (Lipinski definition) is 4. The van der Waals surface area contributed by atoms with Gasteiger partial charge in [0.2, 0.25) is 0 Å². The number of piperazine rings is 1. The first-order valence-corrected chi connectivity index (χ1v) is 10.1. The summed E-state index contributed by atoms with van der Waals surface area (Å²) in [7, 11) is 0. The molecule has 1 aliphatic heterocycles. The smallest absolute Gasteiger partial charge is 0.123 e. The van der Waals surface area contributed by atoms with E-state index < -0.39 is 0 Å². The summed E-state index contributed by atoms with van der Waals surface area (Å²) in [5.74, 6) is -0.227. The largest absolute Gasteiger partial charge is 0.396 e. The van der Waals surface area contributed by atoms with Gasteiger partial charge < -0.3 is 5.11 Å². The van der Waals surface area contributed by atoms with Crippen LogP contribution in [-0.2, 0) is 6.54 Å². The molecule has 1 saturated carbocycles. The Morgan fingerprint density at radius 1 is 1.15 bits per heavy atom. The SMILES string of the molecule is OCC[C@H]1CN(Cc2cn[nH]c2-c2ccc(F)cc2)CCN1C1CCCC1. The molecule has 2 heterocycles. The number of H-pyrrole nitrogens is 1. The second-order valence-electron chi connectivity index (χ2n) is 7.85. The van der Waals surface area contributed by atoms with E-state index in [2.05, 4.69) is 20.0 Å². The maximum absolute atomic E-state index is 13.2. The van der Waals surface area contributed by atoms with Crippen molar-refractivity contribution in [1.82, 2.24) is 20.0 Å². The summed E-state index contributed by atoms with van der Waals surface area (Å²) >= 11 is 0. The number of aliphatic hydroxyl groups excluding tert-OH is 1. The van der Waals surface area contributed by atoms with Crippen LogP contribution in [0.15, 0.2) is 30.5 Å². The van der Waals surface area contributed by atoms with Gasteiger partial charge in [-0.05, 0) is 43.5 Å². The van der Waals surface area contributed by atoms with Crippen molar-refractivity contribution in [3.05, 3.63) is 41.8 Å². The molecule has 146 valence electrons. The molecule has 0 bridgehead atoms. The lowest BCUT2D eigenvalue weighted by Crippen LogP contribution is -2.56. The van der Waals surface area contributed by atoms with Gasteiger partial charge in [0.1, 0.15) is 5.82 Å². The number of halogens is 1. The van der Waals surface area contributed by atoms with Crippen molar-refractivity contribution in [2.75, 3.05) is 26.2 Å². The van der Waals surface area contributed by atoms with Gasteiger partial charge in [-0.15, -0.1) is 0 Å². The van der Waals surface area contributed by atoms with E-state index in [0.717, 1.165) is 49.4 Å². The average Bonchev–Trinajstić information content (AvgIpc) is 3.35. The third kappa shape index (κ3) is 4.23. The van der Waals surface area contributed by atoms with Crippen LogP contribution in [0.2, 0.25) is 0 Å². The van der Waals surface area contributed by atoms with Crippen molar-refractivity contribution in [3.63, 3.8) is 0 Å². The fraction of sp³-hybridized carbons (Fsp3) is 0.571. The number of nitrogens with one attached hydrogen (secondary N) is 1. The van der Waals surface area contributed by atoms with E-state index in [1.807, 2.05) is 6.20 Å². The van der Waals surface area contributed by atoms with Gasteiger partial charge in [-0.2, -0.15) is 5.10 Å². The van der Waals surface area contributed by atoms with Crippen LogP contribution in [0.25, 0.3) is 11.3 Å². The van der Waals surface area contributed by atoms with Crippen molar-refractivity contribution in [1.29, 1.82) is 0 Å². The molecule has 0 amide bonds. The lowest BCUT2D eigenvalue weighted by Gasteiger charge is -2.44. The molecular formula is C21H29FN4O. The van der Waals surface area contributed by atoms with Crippen LogP contribution in [0.3, 0.4) is 0 Å². The zero-order valence-electron chi connectivity index (χ0n) is 15.8. The van der Waals surface area contributed by atoms with E-state index in [1.165, 1.54) is 37.8 Å². The molecule has 2 N–H and O–H groups in total. The van der Waals surface area contributed by atoms with Crippen molar-refractivity contribution in [2.45, 2.75) is 50.7 Å². The maximum Gasteiger partial charge on any atom is 0.123 e. The van der Waals surface area contributed by atoms with E-state index in [9.17, 15) is 9.50 Å². The molecular weight excluding hydrogens is 343 g/mol. The van der Waals surface area contributed by atoms with E-state index in [-0.39, 0.29) is 12.4 Å². The normalized spacial score (nSPS) is 22.5. The highest BCUT2D eigenvalue weighted by molar-refractivity contribution is 5.62. The predicted octanol–water partition coefficient (Wildman–Crippen LogP) is 3.03. The van der Waals surface area contributed by atoms with Gasteiger partial charge in [0.25, 0.3) is 0 Å². The molecule has 2 aromatic rings. The Hall–Kier alpha value is -1.76. The van der Waals surface area contributed by atoms with Gasteiger partial charge in [-0.3, -0.25) is 14.9 Å². The zero-order valence-corrected chi connectivity index (χ0v) is 15.8. The molecule has 6 heteroatoms. The highest BCUT2D eigenvalue weighted by Crippen LogP contribution is 2.29. The summed E-state index contributed by atoms with van der Waals surface area (Å²) in [6, 6.07) is 7.67. The molecule has 1 aromatic heterocycles. The third-order valence-corrected chi connectivity index (χ3v) is 6.11. The Labute approximate surface area is 160 Å². The van der Waals surface area contributed by atoms with Crippen molar-refractivity contribution < 1.29 is 9.50 Å². The molecule has 1 aliphatic carbocycles. The van der Waals surface area contributed by atoms with Crippen LogP contribution in [0, 0.1) is 5.82 Å². The molecule has 27 heavy (non-hydrogen) atoms. The number of hydrogen-bond donors (Lipinski definition) is 2. The minimum Gasteiger partial charge on any atom is -0.396 e. The van der Waals surface area contributed by atoms with Gasteiger partial charge in [-0.1, -0.05) is 12.8 Å². The predicted molar refractivity (Wildman–Crippen MR) is 104 cm³/mol. The number of aromatic amines is 1. The number of aliphatic hydroxyl groups is 1. The molecule has 1 aromatic carbocycles. The number of benzene rings is 1. The molecule has 1 atom stereocenters. The second-order valence-corrected chi connectivity index (χ2v) is 7.85. The first-order chi connectivity index (χ1) is 13.2. The molecule has 2 fully saturated rings. The molecule has 4 rings (SSSR count). The van der Waals surface area contributed by atoms with Crippen molar-refractivity contribution >= 4 is 0 Å². The van der Waals surface area contributed by atoms with Crippen LogP contribution >= 0.6 is 0 Å². The van der Waals surface area contributed by atoms with Gasteiger partial charge in [0.15, 0.2) is 0 Å². The van der Waals surface area contributed by atoms with E-state index >= 15 is 0 Å². The molecule has 2 aliphatic rings. The van der Waals surface area contributed by atoms with Crippen molar-refractivity contribution in [3.8, 4) is 11.3 Å². The van der Waals surface area contributed by atoms with E-state index in [4.69, 9.17) is 0 Å². The number of rotatable bonds is 6. The molecule has 0 spiro atoms. The van der Waals surface area contributed by atoms with E-state index in [1.54, 1.807) is 12.1 Å². The molecule has 1 saturated heterocycles. The fourth-order valence-electron chi connectivity index (χ4n) is 4.74. The first kappa shape index (κ1) is 18.6. The lowest BCUT2D eigenvalue weighted by molar-refractivity contribution is 0.0268. The number of nitrogens with zero attached hydrogens (tertiary/aromatic N) is 3. The monoisotopic (exact) mass is 372 g/mol. The minimum atomic E-state index is -0.227. The highest BCUT2D eigenvalue weighted by atomic mass is 19.1. The van der Waals surface area contributed by atoms with Gasteiger partial charge in [0, 0.05) is 56.0 Å². The van der Waals surface area contributed by atoms with Crippen LogP contribution in [0.5, 0.6) is 0 Å². The van der Waals surface area contributed by atoms with E-state index in [0.29, 0.717) is 12.1 Å². The summed E-state index contributed by atoms with van der Waals surface area (Å²) in [4.78, 5) is 5.11. The zero-order chi connectivity index (χ0) is 18.6. The Morgan fingerprint density at radius 2 is 1.93 bits per heavy atom. The Kier molecular flexibility index (Phi) is 5.86. The average molecular weight is 372 g/mol.